The second-order valence-electron chi connectivity index (χ2n) is 4.35. The Morgan fingerprint density at radius 3 is 2.76 bits per heavy atom. The van der Waals surface area contributed by atoms with E-state index in [0.29, 0.717) is 19.6 Å². The molecule has 1 aliphatic heterocycles. The second-order valence-corrected chi connectivity index (χ2v) is 6.71. The van der Waals surface area contributed by atoms with Crippen LogP contribution in [0.3, 0.4) is 0 Å². The fraction of sp³-hybridized carbons (Fsp3) is 0.400. The third-order valence-corrected chi connectivity index (χ3v) is 4.70. The molecule has 1 aromatic rings. The van der Waals surface area contributed by atoms with E-state index >= 15 is 0 Å². The number of carbonyl (C=O) groups excluding carboxylic acids is 1. The largest absolute Gasteiger partial charge is 0.494 e. The number of amides is 1. The summed E-state index contributed by atoms with van der Waals surface area (Å²) in [5.74, 6) is 0.975. The molecule has 0 aliphatic carbocycles. The van der Waals surface area contributed by atoms with Crippen molar-refractivity contribution in [3.8, 4) is 5.75 Å². The Hall–Kier alpha value is 0.544. The topological polar surface area (TPSA) is 29.5 Å². The van der Waals surface area contributed by atoms with Crippen molar-refractivity contribution in [3.63, 3.8) is 0 Å². The number of alkyl halides is 1. The Kier molecular flexibility index (Phi) is 8.39. The molecule has 1 aliphatic rings. The maximum atomic E-state index is 12.2. The number of halogens is 2. The summed E-state index contributed by atoms with van der Waals surface area (Å²) in [6, 6.07) is 5.83. The minimum atomic E-state index is -0.0160. The minimum absolute atomic E-state index is 0. The first-order chi connectivity index (χ1) is 9.58. The molecule has 0 N–H and O–H groups in total. The maximum absolute atomic E-state index is 12.2. The minimum Gasteiger partial charge on any atom is -0.494 e. The quantitative estimate of drug-likeness (QED) is 0.330. The van der Waals surface area contributed by atoms with Crippen LogP contribution in [0.1, 0.15) is 25.8 Å². The number of benzene rings is 1. The molecule has 0 bridgehead atoms. The first kappa shape index (κ1) is 19.6. The molecule has 0 saturated carbocycles. The summed E-state index contributed by atoms with van der Waals surface area (Å²) < 4.78 is 6.38. The van der Waals surface area contributed by atoms with Gasteiger partial charge in [0, 0.05) is 39.3 Å². The molecule has 2 rings (SSSR count). The molecule has 0 aromatic heterocycles. The van der Waals surface area contributed by atoms with E-state index in [0.717, 1.165) is 21.5 Å². The summed E-state index contributed by atoms with van der Waals surface area (Å²) in [6.07, 6.45) is 4.01. The van der Waals surface area contributed by atoms with Crippen molar-refractivity contribution in [2.24, 2.45) is 0 Å². The van der Waals surface area contributed by atoms with Crippen molar-refractivity contribution in [1.29, 1.82) is 0 Å². The number of rotatable bonds is 4. The van der Waals surface area contributed by atoms with Gasteiger partial charge in [0.2, 0.25) is 5.91 Å². The number of hydrogen-bond donors (Lipinski definition) is 0. The van der Waals surface area contributed by atoms with Crippen LogP contribution in [0, 0.1) is 6.08 Å². The molecule has 1 atom stereocenters. The van der Waals surface area contributed by atoms with E-state index in [9.17, 15) is 4.79 Å². The van der Waals surface area contributed by atoms with Gasteiger partial charge in [0.15, 0.2) is 0 Å². The molecule has 111 valence electrons. The second kappa shape index (κ2) is 8.99. The van der Waals surface area contributed by atoms with Gasteiger partial charge < -0.3 is 9.64 Å². The van der Waals surface area contributed by atoms with Crippen molar-refractivity contribution in [2.75, 3.05) is 13.2 Å². The summed E-state index contributed by atoms with van der Waals surface area (Å²) in [6.45, 7) is 5.23. The van der Waals surface area contributed by atoms with E-state index < -0.39 is 0 Å². The van der Waals surface area contributed by atoms with Gasteiger partial charge in [-0.1, -0.05) is 49.4 Å². The average Bonchev–Trinajstić information content (AvgIpc) is 2.43. The van der Waals surface area contributed by atoms with Crippen molar-refractivity contribution in [3.05, 3.63) is 34.3 Å². The van der Waals surface area contributed by atoms with Crippen molar-refractivity contribution >= 4 is 50.1 Å². The van der Waals surface area contributed by atoms with Crippen LogP contribution in [0.15, 0.2) is 22.7 Å². The molecular weight excluding hydrogens is 522 g/mol. The third kappa shape index (κ3) is 4.52. The van der Waals surface area contributed by atoms with E-state index in [2.05, 4.69) is 44.6 Å². The van der Waals surface area contributed by atoms with Gasteiger partial charge in [0.25, 0.3) is 0 Å². The van der Waals surface area contributed by atoms with Crippen LogP contribution >= 0.6 is 38.5 Å². The van der Waals surface area contributed by atoms with Gasteiger partial charge in [0.1, 0.15) is 5.75 Å². The SMILES string of the molecule is CCOc1ccc(C2=[C-]CC(I)C(=O)N2CC)c(Br)c1.[Y]. The molecule has 1 heterocycles. The molecule has 0 fully saturated rings. The zero-order valence-corrected chi connectivity index (χ0v) is 18.6. The van der Waals surface area contributed by atoms with Crippen LogP contribution < -0.4 is 4.74 Å². The standard InChI is InChI=1S/C15H16BrINO2.Y/c1-3-18-14(8-7-13(17)15(18)19)11-6-5-10(20-4-2)9-12(11)16;/h5-6,9,13H,3-4,7H2,1-2H3;/q-1;. The van der Waals surface area contributed by atoms with E-state index in [1.807, 2.05) is 32.0 Å². The molecule has 21 heavy (non-hydrogen) atoms. The fourth-order valence-electron chi connectivity index (χ4n) is 2.15. The molecule has 1 aromatic carbocycles. The van der Waals surface area contributed by atoms with Crippen LogP contribution in [-0.4, -0.2) is 27.9 Å². The summed E-state index contributed by atoms with van der Waals surface area (Å²) in [5, 5.41) is 0. The number of hydrogen-bond acceptors (Lipinski definition) is 2. The van der Waals surface area contributed by atoms with Gasteiger partial charge in [-0.2, -0.15) is 0 Å². The first-order valence-electron chi connectivity index (χ1n) is 6.57. The predicted octanol–water partition coefficient (Wildman–Crippen LogP) is 4.05. The van der Waals surface area contributed by atoms with Gasteiger partial charge in [-0.05, 0) is 26.0 Å². The third-order valence-electron chi connectivity index (χ3n) is 3.08. The summed E-state index contributed by atoms with van der Waals surface area (Å²) in [4.78, 5) is 14.0. The summed E-state index contributed by atoms with van der Waals surface area (Å²) in [5.41, 5.74) is 1.84. The van der Waals surface area contributed by atoms with E-state index in [1.54, 1.807) is 4.90 Å². The molecule has 6 heteroatoms. The van der Waals surface area contributed by atoms with Crippen LogP contribution in [0.5, 0.6) is 5.75 Å². The molecule has 1 unspecified atom stereocenters. The first-order valence-corrected chi connectivity index (χ1v) is 8.61. The number of nitrogens with zero attached hydrogens (tertiary/aromatic N) is 1. The van der Waals surface area contributed by atoms with Gasteiger partial charge in [-0.15, -0.1) is 17.3 Å². The normalized spacial score (nSPS) is 18.1. The number of ether oxygens (including phenoxy) is 1. The zero-order chi connectivity index (χ0) is 14.7. The molecule has 1 radical (unpaired) electrons. The Labute approximate surface area is 173 Å². The van der Waals surface area contributed by atoms with Gasteiger partial charge >= 0.3 is 0 Å². The Bertz CT molecular complexity index is 550. The smallest absolute Gasteiger partial charge is 0.235 e. The fourth-order valence-corrected chi connectivity index (χ4v) is 3.25. The van der Waals surface area contributed by atoms with Gasteiger partial charge in [0.05, 0.1) is 10.5 Å². The van der Waals surface area contributed by atoms with E-state index in [-0.39, 0.29) is 42.5 Å². The van der Waals surface area contributed by atoms with Crippen molar-refractivity contribution in [2.45, 2.75) is 24.2 Å². The molecule has 3 nitrogen and oxygen atoms in total. The average molecular weight is 538 g/mol. The van der Waals surface area contributed by atoms with Crippen LogP contribution in [0.2, 0.25) is 0 Å². The van der Waals surface area contributed by atoms with E-state index in [1.165, 1.54) is 0 Å². The van der Waals surface area contributed by atoms with Crippen molar-refractivity contribution < 1.29 is 42.2 Å². The summed E-state index contributed by atoms with van der Waals surface area (Å²) >= 11 is 5.74. The monoisotopic (exact) mass is 537 g/mol. The van der Waals surface area contributed by atoms with Crippen molar-refractivity contribution in [1.82, 2.24) is 4.90 Å². The van der Waals surface area contributed by atoms with Gasteiger partial charge in [-0.25, -0.2) is 6.08 Å². The van der Waals surface area contributed by atoms with E-state index in [4.69, 9.17) is 4.74 Å². The zero-order valence-electron chi connectivity index (χ0n) is 12.0. The Morgan fingerprint density at radius 2 is 2.19 bits per heavy atom. The number of carbonyl (C=O) groups is 1. The molecule has 1 amide bonds. The van der Waals surface area contributed by atoms with Gasteiger partial charge in [-0.3, -0.25) is 4.79 Å². The Morgan fingerprint density at radius 1 is 1.48 bits per heavy atom. The molecule has 0 saturated heterocycles. The number of allylic oxidation sites excluding steroid dienone is 1. The molecular formula is C15H16BrINO2Y-. The maximum Gasteiger partial charge on any atom is 0.235 e. The van der Waals surface area contributed by atoms with Crippen LogP contribution in [-0.2, 0) is 37.5 Å². The Balaban J connectivity index is 0.00000220. The predicted molar refractivity (Wildman–Crippen MR) is 91.8 cm³/mol. The van der Waals surface area contributed by atoms with Crippen LogP contribution in [0.25, 0.3) is 5.70 Å². The summed E-state index contributed by atoms with van der Waals surface area (Å²) in [7, 11) is 0. The molecule has 0 spiro atoms. The van der Waals surface area contributed by atoms with Crippen LogP contribution in [0.4, 0.5) is 0 Å².